The first-order valence-electron chi connectivity index (χ1n) is 11.4. The number of ether oxygens (including phenoxy) is 1. The van der Waals surface area contributed by atoms with Crippen LogP contribution in [0.15, 0.2) is 79.1 Å². The van der Waals surface area contributed by atoms with Gasteiger partial charge in [-0.15, -0.1) is 0 Å². The second-order valence-electron chi connectivity index (χ2n) is 8.30. The van der Waals surface area contributed by atoms with Gasteiger partial charge >= 0.3 is 11.8 Å². The fourth-order valence-electron chi connectivity index (χ4n) is 4.08. The summed E-state index contributed by atoms with van der Waals surface area (Å²) in [6.07, 6.45) is 6.29. The first-order valence-corrected chi connectivity index (χ1v) is 11.4. The molecule has 0 radical (unpaired) electrons. The number of anilines is 1. The number of carbonyl (C=O) groups is 3. The van der Waals surface area contributed by atoms with Crippen LogP contribution in [0.3, 0.4) is 0 Å². The van der Waals surface area contributed by atoms with Gasteiger partial charge in [0.25, 0.3) is 0 Å². The summed E-state index contributed by atoms with van der Waals surface area (Å²) in [4.78, 5) is 45.4. The minimum absolute atomic E-state index is 0.357. The number of aromatic nitrogens is 2. The molecule has 1 aliphatic heterocycles. The average Bonchev–Trinajstić information content (AvgIpc) is 3.34. The largest absolute Gasteiger partial charge is 0.457 e. The van der Waals surface area contributed by atoms with E-state index in [-0.39, 0.29) is 0 Å². The third-order valence-electron chi connectivity index (χ3n) is 5.97. The molecule has 3 amide bonds. The molecule has 180 valence electrons. The van der Waals surface area contributed by atoms with Gasteiger partial charge in [0.15, 0.2) is 0 Å². The van der Waals surface area contributed by atoms with Crippen LogP contribution in [-0.2, 0) is 9.59 Å². The van der Waals surface area contributed by atoms with Crippen molar-refractivity contribution < 1.29 is 19.1 Å². The molecule has 3 heterocycles. The molecule has 0 spiro atoms. The molecule has 0 bridgehead atoms. The number of carbonyl (C=O) groups excluding carboxylic acids is 3. The van der Waals surface area contributed by atoms with Crippen molar-refractivity contribution in [3.63, 3.8) is 0 Å². The lowest BCUT2D eigenvalue weighted by atomic mass is 9.99. The smallest absolute Gasteiger partial charge is 0.313 e. The van der Waals surface area contributed by atoms with Gasteiger partial charge in [0.1, 0.15) is 17.1 Å². The van der Waals surface area contributed by atoms with Gasteiger partial charge in [-0.1, -0.05) is 6.08 Å². The van der Waals surface area contributed by atoms with Crippen molar-refractivity contribution in [2.75, 3.05) is 18.4 Å². The summed E-state index contributed by atoms with van der Waals surface area (Å²) in [5.41, 5.74) is 9.12. The Morgan fingerprint density at radius 3 is 2.39 bits per heavy atom. The molecule has 4 aromatic rings. The fraction of sp³-hybridized carbons (Fsp3) is 0.111. The number of primary amides is 1. The van der Waals surface area contributed by atoms with E-state index in [0.29, 0.717) is 42.3 Å². The molecule has 0 unspecified atom stereocenters. The van der Waals surface area contributed by atoms with Crippen LogP contribution in [-0.4, -0.2) is 45.7 Å². The third-order valence-corrected chi connectivity index (χ3v) is 5.97. The molecule has 4 N–H and O–H groups in total. The van der Waals surface area contributed by atoms with Crippen LogP contribution in [0, 0.1) is 0 Å². The Morgan fingerprint density at radius 1 is 1.00 bits per heavy atom. The Morgan fingerprint density at radius 2 is 1.72 bits per heavy atom. The maximum atomic E-state index is 12.7. The summed E-state index contributed by atoms with van der Waals surface area (Å²) in [6, 6.07) is 17.0. The van der Waals surface area contributed by atoms with Crippen LogP contribution < -0.4 is 15.8 Å². The molecular formula is C27H23N5O4. The summed E-state index contributed by atoms with van der Waals surface area (Å²) in [5.74, 6) is -0.718. The predicted molar refractivity (Wildman–Crippen MR) is 135 cm³/mol. The summed E-state index contributed by atoms with van der Waals surface area (Å²) >= 11 is 0. The maximum Gasteiger partial charge on any atom is 0.313 e. The van der Waals surface area contributed by atoms with E-state index in [0.717, 1.165) is 22.2 Å². The number of hydrogen-bond acceptors (Lipinski definition) is 5. The van der Waals surface area contributed by atoms with E-state index in [1.54, 1.807) is 54.7 Å². The van der Waals surface area contributed by atoms with Crippen LogP contribution in [0.4, 0.5) is 5.69 Å². The standard InChI is InChI=1S/C27H23N5O4/c28-24(33)18-3-7-20(8-4-18)36-21-9-5-19(6-10-21)31-26(34)27(35)32-14-11-17(12-15-32)23-16-30-25-22(23)2-1-13-29-25/h1-11,13,16H,12,14-15H2,(H2,28,33)(H,29,30)(H,31,34). The van der Waals surface area contributed by atoms with E-state index in [1.807, 2.05) is 24.4 Å². The first kappa shape index (κ1) is 22.9. The minimum atomic E-state index is -0.696. The Bertz CT molecular complexity index is 1470. The molecule has 2 aromatic carbocycles. The third kappa shape index (κ3) is 4.80. The molecule has 1 aliphatic rings. The minimum Gasteiger partial charge on any atom is -0.457 e. The van der Waals surface area contributed by atoms with Gasteiger partial charge in [0.2, 0.25) is 5.91 Å². The molecule has 2 aromatic heterocycles. The Balaban J connectivity index is 1.17. The monoisotopic (exact) mass is 481 g/mol. The number of fused-ring (bicyclic) bond motifs is 1. The zero-order valence-corrected chi connectivity index (χ0v) is 19.2. The number of rotatable bonds is 5. The van der Waals surface area contributed by atoms with Crippen molar-refractivity contribution in [1.29, 1.82) is 0 Å². The number of nitrogens with one attached hydrogen (secondary N) is 2. The van der Waals surface area contributed by atoms with E-state index < -0.39 is 17.7 Å². The molecule has 0 atom stereocenters. The SMILES string of the molecule is NC(=O)c1ccc(Oc2ccc(NC(=O)C(=O)N3CC=C(c4c[nH]c5ncccc45)CC3)cc2)cc1. The second-order valence-corrected chi connectivity index (χ2v) is 8.30. The number of aromatic amines is 1. The Kier molecular flexibility index (Phi) is 6.19. The van der Waals surface area contributed by atoms with E-state index in [2.05, 4.69) is 15.3 Å². The number of hydrogen-bond donors (Lipinski definition) is 3. The molecular weight excluding hydrogens is 458 g/mol. The van der Waals surface area contributed by atoms with Crippen molar-refractivity contribution in [1.82, 2.24) is 14.9 Å². The quantitative estimate of drug-likeness (QED) is 0.374. The first-order chi connectivity index (χ1) is 17.5. The van der Waals surface area contributed by atoms with Gasteiger partial charge in [-0.2, -0.15) is 0 Å². The second kappa shape index (κ2) is 9.75. The number of amides is 3. The maximum absolute atomic E-state index is 12.7. The number of benzene rings is 2. The Labute approximate surface area is 206 Å². The zero-order valence-electron chi connectivity index (χ0n) is 19.2. The van der Waals surface area contributed by atoms with Gasteiger partial charge in [-0.3, -0.25) is 14.4 Å². The molecule has 0 aliphatic carbocycles. The van der Waals surface area contributed by atoms with Crippen molar-refractivity contribution in [2.24, 2.45) is 5.73 Å². The van der Waals surface area contributed by atoms with E-state index in [4.69, 9.17) is 10.5 Å². The number of nitrogens with zero attached hydrogens (tertiary/aromatic N) is 2. The van der Waals surface area contributed by atoms with Crippen molar-refractivity contribution in [3.8, 4) is 11.5 Å². The van der Waals surface area contributed by atoms with Crippen molar-refractivity contribution in [2.45, 2.75) is 6.42 Å². The van der Waals surface area contributed by atoms with Gasteiger partial charge < -0.3 is 25.7 Å². The van der Waals surface area contributed by atoms with Crippen LogP contribution in [0.5, 0.6) is 11.5 Å². The van der Waals surface area contributed by atoms with Crippen LogP contribution in [0.2, 0.25) is 0 Å². The summed E-state index contributed by atoms with van der Waals surface area (Å²) in [5, 5.41) is 3.68. The van der Waals surface area contributed by atoms with E-state index >= 15 is 0 Å². The molecule has 36 heavy (non-hydrogen) atoms. The summed E-state index contributed by atoms with van der Waals surface area (Å²) in [6.45, 7) is 0.808. The van der Waals surface area contributed by atoms with Crippen molar-refractivity contribution in [3.05, 3.63) is 90.3 Å². The van der Waals surface area contributed by atoms with E-state index in [9.17, 15) is 14.4 Å². The molecule has 9 heteroatoms. The highest BCUT2D eigenvalue weighted by molar-refractivity contribution is 6.39. The van der Waals surface area contributed by atoms with Gasteiger partial charge in [0, 0.05) is 47.7 Å². The average molecular weight is 482 g/mol. The van der Waals surface area contributed by atoms with Crippen LogP contribution >= 0.6 is 0 Å². The molecule has 9 nitrogen and oxygen atoms in total. The number of pyridine rings is 1. The predicted octanol–water partition coefficient (Wildman–Crippen LogP) is 3.71. The van der Waals surface area contributed by atoms with E-state index in [1.165, 1.54) is 4.90 Å². The lowest BCUT2D eigenvalue weighted by molar-refractivity contribution is -0.142. The number of H-pyrrole nitrogens is 1. The Hall–Kier alpha value is -4.92. The summed E-state index contributed by atoms with van der Waals surface area (Å²) < 4.78 is 5.73. The normalized spacial score (nSPS) is 13.2. The topological polar surface area (TPSA) is 130 Å². The summed E-state index contributed by atoms with van der Waals surface area (Å²) in [7, 11) is 0. The zero-order chi connectivity index (χ0) is 25.1. The molecule has 0 saturated heterocycles. The fourth-order valence-corrected chi connectivity index (χ4v) is 4.08. The number of nitrogens with two attached hydrogens (primary N) is 1. The molecule has 0 saturated carbocycles. The van der Waals surface area contributed by atoms with Crippen LogP contribution in [0.1, 0.15) is 22.3 Å². The van der Waals surface area contributed by atoms with Crippen LogP contribution in [0.25, 0.3) is 16.6 Å². The van der Waals surface area contributed by atoms with Gasteiger partial charge in [-0.05, 0) is 72.7 Å². The van der Waals surface area contributed by atoms with Gasteiger partial charge in [0.05, 0.1) is 0 Å². The lowest BCUT2D eigenvalue weighted by Crippen LogP contribution is -2.41. The molecule has 0 fully saturated rings. The molecule has 5 rings (SSSR count). The highest BCUT2D eigenvalue weighted by atomic mass is 16.5. The highest BCUT2D eigenvalue weighted by Gasteiger charge is 2.24. The van der Waals surface area contributed by atoms with Gasteiger partial charge in [-0.25, -0.2) is 4.98 Å². The van der Waals surface area contributed by atoms with Crippen molar-refractivity contribution >= 4 is 40.0 Å². The highest BCUT2D eigenvalue weighted by Crippen LogP contribution is 2.28. The lowest BCUT2D eigenvalue weighted by Gasteiger charge is -2.26.